The van der Waals surface area contributed by atoms with E-state index in [0.29, 0.717) is 6.61 Å². The van der Waals surface area contributed by atoms with E-state index in [2.05, 4.69) is 6.58 Å². The second-order valence-electron chi connectivity index (χ2n) is 2.55. The average molecular weight is 142 g/mol. The number of carbonyl (C=O) groups is 1. The van der Waals surface area contributed by atoms with Crippen molar-refractivity contribution >= 4 is 5.97 Å². The van der Waals surface area contributed by atoms with Crippen LogP contribution in [-0.4, -0.2) is 12.6 Å². The van der Waals surface area contributed by atoms with Crippen LogP contribution in [0, 0.1) is 5.92 Å². The smallest absolute Gasteiger partial charge is 0.302 e. The SMILES string of the molecule is C=C(C)C(C)COC(C)=O. The van der Waals surface area contributed by atoms with Gasteiger partial charge >= 0.3 is 5.97 Å². The Bertz CT molecular complexity index is 138. The summed E-state index contributed by atoms with van der Waals surface area (Å²) in [5.74, 6) is 0.0389. The Balaban J connectivity index is 3.49. The number of hydrogen-bond acceptors (Lipinski definition) is 2. The lowest BCUT2D eigenvalue weighted by molar-refractivity contribution is -0.141. The van der Waals surface area contributed by atoms with E-state index in [0.717, 1.165) is 5.57 Å². The van der Waals surface area contributed by atoms with Crippen LogP contribution in [0.5, 0.6) is 0 Å². The first-order chi connectivity index (χ1) is 4.54. The number of esters is 1. The van der Waals surface area contributed by atoms with Gasteiger partial charge in [-0.3, -0.25) is 4.79 Å². The van der Waals surface area contributed by atoms with Crippen LogP contribution in [0.4, 0.5) is 0 Å². The van der Waals surface area contributed by atoms with Crippen molar-refractivity contribution in [3.8, 4) is 0 Å². The molecule has 0 amide bonds. The topological polar surface area (TPSA) is 26.3 Å². The van der Waals surface area contributed by atoms with E-state index in [1.165, 1.54) is 6.92 Å². The minimum Gasteiger partial charge on any atom is -0.465 e. The first-order valence-electron chi connectivity index (χ1n) is 3.32. The highest BCUT2D eigenvalue weighted by Gasteiger charge is 2.03. The van der Waals surface area contributed by atoms with Crippen LogP contribution in [0.2, 0.25) is 0 Å². The third-order valence-corrected chi connectivity index (χ3v) is 1.38. The summed E-state index contributed by atoms with van der Waals surface area (Å²) >= 11 is 0. The largest absolute Gasteiger partial charge is 0.465 e. The lowest BCUT2D eigenvalue weighted by Crippen LogP contribution is -2.09. The summed E-state index contributed by atoms with van der Waals surface area (Å²) in [7, 11) is 0. The second kappa shape index (κ2) is 4.09. The van der Waals surface area contributed by atoms with Crippen molar-refractivity contribution in [3.63, 3.8) is 0 Å². The number of ether oxygens (including phenoxy) is 1. The Kier molecular flexibility index (Phi) is 3.77. The summed E-state index contributed by atoms with van der Waals surface area (Å²) in [6.07, 6.45) is 0. The van der Waals surface area contributed by atoms with E-state index >= 15 is 0 Å². The molecule has 0 N–H and O–H groups in total. The minimum atomic E-state index is -0.229. The summed E-state index contributed by atoms with van der Waals surface area (Å²) in [4.78, 5) is 10.3. The van der Waals surface area contributed by atoms with Crippen LogP contribution in [0.3, 0.4) is 0 Å². The molecule has 0 aromatic rings. The van der Waals surface area contributed by atoms with Gasteiger partial charge < -0.3 is 4.74 Å². The minimum absolute atomic E-state index is 0.229. The van der Waals surface area contributed by atoms with E-state index in [-0.39, 0.29) is 11.9 Å². The molecule has 0 radical (unpaired) electrons. The third-order valence-electron chi connectivity index (χ3n) is 1.38. The van der Waals surface area contributed by atoms with E-state index in [1.807, 2.05) is 13.8 Å². The van der Waals surface area contributed by atoms with Crippen LogP contribution >= 0.6 is 0 Å². The van der Waals surface area contributed by atoms with E-state index in [4.69, 9.17) is 4.74 Å². The first-order valence-corrected chi connectivity index (χ1v) is 3.32. The monoisotopic (exact) mass is 142 g/mol. The molecule has 58 valence electrons. The van der Waals surface area contributed by atoms with Gasteiger partial charge in [0.2, 0.25) is 0 Å². The predicted molar refractivity (Wildman–Crippen MR) is 40.6 cm³/mol. The molecule has 0 heterocycles. The summed E-state index contributed by atoms with van der Waals surface area (Å²) < 4.78 is 4.77. The number of carbonyl (C=O) groups excluding carboxylic acids is 1. The molecule has 0 saturated carbocycles. The normalized spacial score (nSPS) is 12.3. The molecule has 1 atom stereocenters. The Morgan fingerprint density at radius 3 is 2.40 bits per heavy atom. The van der Waals surface area contributed by atoms with Gasteiger partial charge in [0.1, 0.15) is 0 Å². The van der Waals surface area contributed by atoms with Crippen LogP contribution < -0.4 is 0 Å². The summed E-state index contributed by atoms with van der Waals surface area (Å²) in [5.41, 5.74) is 1.04. The molecular formula is C8H14O2. The molecule has 1 unspecified atom stereocenters. The molecule has 0 aliphatic heterocycles. The van der Waals surface area contributed by atoms with Gasteiger partial charge in [-0.2, -0.15) is 0 Å². The van der Waals surface area contributed by atoms with Crippen LogP contribution in [0.1, 0.15) is 20.8 Å². The van der Waals surface area contributed by atoms with Crippen molar-refractivity contribution in [2.24, 2.45) is 5.92 Å². The highest BCUT2D eigenvalue weighted by molar-refractivity contribution is 5.65. The fourth-order valence-corrected chi connectivity index (χ4v) is 0.385. The van der Waals surface area contributed by atoms with Crippen molar-refractivity contribution < 1.29 is 9.53 Å². The lowest BCUT2D eigenvalue weighted by atomic mass is 10.1. The third kappa shape index (κ3) is 4.13. The van der Waals surface area contributed by atoms with Gasteiger partial charge in [0.05, 0.1) is 6.61 Å². The molecule has 2 heteroatoms. The zero-order valence-electron chi connectivity index (χ0n) is 6.81. The number of hydrogen-bond donors (Lipinski definition) is 0. The van der Waals surface area contributed by atoms with Gasteiger partial charge in [0, 0.05) is 12.8 Å². The summed E-state index contributed by atoms with van der Waals surface area (Å²) in [5, 5.41) is 0. The van der Waals surface area contributed by atoms with Gasteiger partial charge in [-0.15, -0.1) is 0 Å². The summed E-state index contributed by atoms with van der Waals surface area (Å²) in [6.45, 7) is 9.50. The number of rotatable bonds is 3. The molecule has 0 aliphatic rings. The molecule has 10 heavy (non-hydrogen) atoms. The first kappa shape index (κ1) is 9.21. The van der Waals surface area contributed by atoms with Gasteiger partial charge in [0.25, 0.3) is 0 Å². The zero-order chi connectivity index (χ0) is 8.15. The molecule has 0 spiro atoms. The molecule has 0 saturated heterocycles. The maximum absolute atomic E-state index is 10.3. The molecule has 0 fully saturated rings. The predicted octanol–water partition coefficient (Wildman–Crippen LogP) is 1.76. The van der Waals surface area contributed by atoms with Gasteiger partial charge in [0.15, 0.2) is 0 Å². The van der Waals surface area contributed by atoms with Gasteiger partial charge in [-0.25, -0.2) is 0 Å². The standard InChI is InChI=1S/C8H14O2/c1-6(2)7(3)5-10-8(4)9/h7H,1,5H2,2-4H3. The van der Waals surface area contributed by atoms with Gasteiger partial charge in [-0.1, -0.05) is 19.1 Å². The average Bonchev–Trinajstić information content (AvgIpc) is 1.82. The van der Waals surface area contributed by atoms with E-state index in [1.54, 1.807) is 0 Å². The fraction of sp³-hybridized carbons (Fsp3) is 0.625. The second-order valence-corrected chi connectivity index (χ2v) is 2.55. The molecule has 2 nitrogen and oxygen atoms in total. The van der Waals surface area contributed by atoms with Crippen molar-refractivity contribution in [1.82, 2.24) is 0 Å². The Morgan fingerprint density at radius 1 is 1.60 bits per heavy atom. The molecule has 0 aromatic carbocycles. The molecule has 0 rings (SSSR count). The quantitative estimate of drug-likeness (QED) is 0.443. The van der Waals surface area contributed by atoms with Crippen LogP contribution in [0.15, 0.2) is 12.2 Å². The lowest BCUT2D eigenvalue weighted by Gasteiger charge is -2.09. The zero-order valence-corrected chi connectivity index (χ0v) is 6.81. The van der Waals surface area contributed by atoms with Crippen LogP contribution in [0.25, 0.3) is 0 Å². The Labute approximate surface area is 61.9 Å². The Morgan fingerprint density at radius 2 is 2.10 bits per heavy atom. The highest BCUT2D eigenvalue weighted by Crippen LogP contribution is 2.06. The van der Waals surface area contributed by atoms with Crippen molar-refractivity contribution in [1.29, 1.82) is 0 Å². The molecular weight excluding hydrogens is 128 g/mol. The molecule has 0 bridgehead atoms. The van der Waals surface area contributed by atoms with E-state index in [9.17, 15) is 4.79 Å². The maximum atomic E-state index is 10.3. The molecule has 0 aromatic heterocycles. The Hall–Kier alpha value is -0.790. The van der Waals surface area contributed by atoms with Crippen molar-refractivity contribution in [3.05, 3.63) is 12.2 Å². The van der Waals surface area contributed by atoms with E-state index < -0.39 is 0 Å². The van der Waals surface area contributed by atoms with Gasteiger partial charge in [-0.05, 0) is 6.92 Å². The fourth-order valence-electron chi connectivity index (χ4n) is 0.385. The maximum Gasteiger partial charge on any atom is 0.302 e. The van der Waals surface area contributed by atoms with Crippen molar-refractivity contribution in [2.75, 3.05) is 6.61 Å². The highest BCUT2D eigenvalue weighted by atomic mass is 16.5. The van der Waals surface area contributed by atoms with Crippen molar-refractivity contribution in [2.45, 2.75) is 20.8 Å². The molecule has 0 aliphatic carbocycles. The van der Waals surface area contributed by atoms with Crippen LogP contribution in [-0.2, 0) is 9.53 Å². The summed E-state index contributed by atoms with van der Waals surface area (Å²) in [6, 6.07) is 0.